The Morgan fingerprint density at radius 1 is 1.50 bits per heavy atom. The molecule has 112 valence electrons. The highest BCUT2D eigenvalue weighted by Crippen LogP contribution is 2.31. The Morgan fingerprint density at radius 2 is 2.20 bits per heavy atom. The molecule has 0 aliphatic carbocycles. The maximum absolute atomic E-state index is 12.8. The molecule has 2 rings (SSSR count). The third-order valence-corrected chi connectivity index (χ3v) is 6.76. The lowest BCUT2D eigenvalue weighted by molar-refractivity contribution is 0.0392. The van der Waals surface area contributed by atoms with E-state index in [1.54, 1.807) is 6.07 Å². The lowest BCUT2D eigenvalue weighted by Crippen LogP contribution is -2.47. The van der Waals surface area contributed by atoms with E-state index in [0.717, 1.165) is 11.1 Å². The van der Waals surface area contributed by atoms with E-state index in [1.165, 1.54) is 4.31 Å². The molecular formula is C13H19BrN2O3S. The zero-order chi connectivity index (χ0) is 14.9. The Labute approximate surface area is 128 Å². The van der Waals surface area contributed by atoms with Crippen LogP contribution >= 0.6 is 15.9 Å². The Hall–Kier alpha value is -0.470. The van der Waals surface area contributed by atoms with E-state index >= 15 is 0 Å². The topological polar surface area (TPSA) is 72.6 Å². The van der Waals surface area contributed by atoms with Crippen LogP contribution in [0, 0.1) is 6.92 Å². The first-order valence-corrected chi connectivity index (χ1v) is 8.70. The zero-order valence-electron chi connectivity index (χ0n) is 11.6. The van der Waals surface area contributed by atoms with Crippen LogP contribution in [-0.4, -0.2) is 38.5 Å². The van der Waals surface area contributed by atoms with Crippen molar-refractivity contribution in [1.82, 2.24) is 4.31 Å². The largest absolute Gasteiger partial charge is 0.378 e. The second-order valence-electron chi connectivity index (χ2n) is 4.97. The summed E-state index contributed by atoms with van der Waals surface area (Å²) in [6.45, 7) is 5.26. The molecule has 1 unspecified atom stereocenters. The second-order valence-corrected chi connectivity index (χ2v) is 7.62. The lowest BCUT2D eigenvalue weighted by Gasteiger charge is -2.32. The van der Waals surface area contributed by atoms with Crippen LogP contribution in [0.4, 0.5) is 0 Å². The van der Waals surface area contributed by atoms with E-state index < -0.39 is 10.0 Å². The van der Waals surface area contributed by atoms with Crippen LogP contribution < -0.4 is 5.73 Å². The minimum atomic E-state index is -3.55. The van der Waals surface area contributed by atoms with Gasteiger partial charge >= 0.3 is 0 Å². The fraction of sp³-hybridized carbons (Fsp3) is 0.538. The van der Waals surface area contributed by atoms with E-state index in [2.05, 4.69) is 15.9 Å². The molecule has 0 amide bonds. The molecule has 0 spiro atoms. The molecule has 1 saturated heterocycles. The first-order valence-electron chi connectivity index (χ1n) is 6.46. The summed E-state index contributed by atoms with van der Waals surface area (Å²) in [5, 5.41) is 0. The molecule has 1 aliphatic rings. The molecular weight excluding hydrogens is 344 g/mol. The number of nitrogens with two attached hydrogens (primary N) is 1. The van der Waals surface area contributed by atoms with Crippen LogP contribution in [0.3, 0.4) is 0 Å². The van der Waals surface area contributed by atoms with E-state index in [9.17, 15) is 8.42 Å². The maximum atomic E-state index is 12.8. The normalized spacial score (nSPS) is 21.1. The third-order valence-electron chi connectivity index (χ3n) is 3.41. The number of benzene rings is 1. The van der Waals surface area contributed by atoms with E-state index in [4.69, 9.17) is 10.5 Å². The molecule has 0 bridgehead atoms. The number of hydrogen-bond donors (Lipinski definition) is 1. The van der Waals surface area contributed by atoms with Crippen LogP contribution in [-0.2, 0) is 21.3 Å². The summed E-state index contributed by atoms with van der Waals surface area (Å²) < 4.78 is 33.1. The number of rotatable bonds is 3. The number of halogens is 1. The van der Waals surface area contributed by atoms with E-state index in [-0.39, 0.29) is 10.9 Å². The van der Waals surface area contributed by atoms with Gasteiger partial charge in [-0.15, -0.1) is 0 Å². The first-order chi connectivity index (χ1) is 9.37. The second kappa shape index (κ2) is 6.11. The summed E-state index contributed by atoms with van der Waals surface area (Å²) in [7, 11) is -3.55. The number of ether oxygens (including phenoxy) is 1. The van der Waals surface area contributed by atoms with Crippen LogP contribution in [0.2, 0.25) is 0 Å². The molecule has 1 heterocycles. The van der Waals surface area contributed by atoms with Gasteiger partial charge in [-0.3, -0.25) is 0 Å². The maximum Gasteiger partial charge on any atom is 0.244 e. The van der Waals surface area contributed by atoms with Gasteiger partial charge in [-0.1, -0.05) is 6.07 Å². The molecule has 5 nitrogen and oxygen atoms in total. The Kier molecular flexibility index (Phi) is 4.86. The molecule has 1 fully saturated rings. The smallest absolute Gasteiger partial charge is 0.244 e. The molecule has 2 N–H and O–H groups in total. The van der Waals surface area contributed by atoms with Crippen LogP contribution in [0.1, 0.15) is 18.1 Å². The number of aryl methyl sites for hydroxylation is 1. The monoisotopic (exact) mass is 362 g/mol. The zero-order valence-corrected chi connectivity index (χ0v) is 14.0. The summed E-state index contributed by atoms with van der Waals surface area (Å²) in [5.74, 6) is 0. The van der Waals surface area contributed by atoms with Gasteiger partial charge in [-0.25, -0.2) is 8.42 Å². The van der Waals surface area contributed by atoms with Crippen molar-refractivity contribution in [2.24, 2.45) is 5.73 Å². The van der Waals surface area contributed by atoms with Gasteiger partial charge in [-0.2, -0.15) is 4.31 Å². The Balaban J connectivity index is 2.51. The average Bonchev–Trinajstić information content (AvgIpc) is 2.41. The highest BCUT2D eigenvalue weighted by molar-refractivity contribution is 9.10. The molecule has 20 heavy (non-hydrogen) atoms. The van der Waals surface area contributed by atoms with Crippen molar-refractivity contribution in [3.8, 4) is 0 Å². The molecule has 1 aromatic rings. The van der Waals surface area contributed by atoms with Crippen molar-refractivity contribution in [1.29, 1.82) is 0 Å². The standard InChI is InChI=1S/C13H19BrN2O3S/c1-9-5-11(7-15)6-12(13(9)14)20(17,18)16-3-4-19-8-10(16)2/h5-6,10H,3-4,7-8,15H2,1-2H3. The fourth-order valence-corrected chi connectivity index (χ4v) is 4.94. The van der Waals surface area contributed by atoms with Crippen molar-refractivity contribution in [2.75, 3.05) is 19.8 Å². The van der Waals surface area contributed by atoms with Gasteiger partial charge in [0.15, 0.2) is 0 Å². The molecule has 7 heteroatoms. The molecule has 1 aromatic carbocycles. The van der Waals surface area contributed by atoms with Crippen molar-refractivity contribution in [3.63, 3.8) is 0 Å². The molecule has 0 radical (unpaired) electrons. The number of morpholine rings is 1. The molecule has 1 aliphatic heterocycles. The minimum absolute atomic E-state index is 0.164. The lowest BCUT2D eigenvalue weighted by atomic mass is 10.1. The molecule has 1 atom stereocenters. The Bertz CT molecular complexity index is 604. The number of nitrogens with zero attached hydrogens (tertiary/aromatic N) is 1. The van der Waals surface area contributed by atoms with Crippen LogP contribution in [0.15, 0.2) is 21.5 Å². The first kappa shape index (κ1) is 15.9. The quantitative estimate of drug-likeness (QED) is 0.886. The van der Waals surface area contributed by atoms with Gasteiger partial charge in [0.1, 0.15) is 0 Å². The molecule has 0 saturated carbocycles. The van der Waals surface area contributed by atoms with Crippen molar-refractivity contribution in [2.45, 2.75) is 31.3 Å². The third kappa shape index (κ3) is 2.92. The van der Waals surface area contributed by atoms with Crippen LogP contribution in [0.25, 0.3) is 0 Å². The SMILES string of the molecule is Cc1cc(CN)cc(S(=O)(=O)N2CCOCC2C)c1Br. The highest BCUT2D eigenvalue weighted by Gasteiger charge is 2.33. The summed E-state index contributed by atoms with van der Waals surface area (Å²) >= 11 is 3.39. The van der Waals surface area contributed by atoms with Crippen molar-refractivity contribution >= 4 is 26.0 Å². The Morgan fingerprint density at radius 3 is 2.80 bits per heavy atom. The summed E-state index contributed by atoms with van der Waals surface area (Å²) in [4.78, 5) is 0.284. The van der Waals surface area contributed by atoms with E-state index in [0.29, 0.717) is 30.8 Å². The van der Waals surface area contributed by atoms with E-state index in [1.807, 2.05) is 19.9 Å². The van der Waals surface area contributed by atoms with Gasteiger partial charge in [0, 0.05) is 23.6 Å². The highest BCUT2D eigenvalue weighted by atomic mass is 79.9. The van der Waals surface area contributed by atoms with Gasteiger partial charge in [0.25, 0.3) is 0 Å². The number of hydrogen-bond acceptors (Lipinski definition) is 4. The summed E-state index contributed by atoms with van der Waals surface area (Å²) in [6.07, 6.45) is 0. The van der Waals surface area contributed by atoms with Gasteiger partial charge < -0.3 is 10.5 Å². The van der Waals surface area contributed by atoms with Gasteiger partial charge in [0.05, 0.1) is 18.1 Å². The predicted octanol–water partition coefficient (Wildman–Crippen LogP) is 1.63. The fourth-order valence-electron chi connectivity index (χ4n) is 2.31. The van der Waals surface area contributed by atoms with Gasteiger partial charge in [-0.05, 0) is 47.0 Å². The summed E-state index contributed by atoms with van der Waals surface area (Å²) in [6, 6.07) is 3.38. The van der Waals surface area contributed by atoms with Crippen molar-refractivity contribution < 1.29 is 13.2 Å². The average molecular weight is 363 g/mol. The van der Waals surface area contributed by atoms with Crippen LogP contribution in [0.5, 0.6) is 0 Å². The predicted molar refractivity (Wildman–Crippen MR) is 80.9 cm³/mol. The van der Waals surface area contributed by atoms with Crippen molar-refractivity contribution in [3.05, 3.63) is 27.7 Å². The van der Waals surface area contributed by atoms with Gasteiger partial charge in [0.2, 0.25) is 10.0 Å². The number of sulfonamides is 1. The minimum Gasteiger partial charge on any atom is -0.378 e. The summed E-state index contributed by atoms with van der Waals surface area (Å²) in [5.41, 5.74) is 7.32. The molecule has 0 aromatic heterocycles.